The third-order valence-electron chi connectivity index (χ3n) is 4.30. The minimum Gasteiger partial charge on any atom is -0.366 e. The predicted octanol–water partition coefficient (Wildman–Crippen LogP) is 1.89. The van der Waals surface area contributed by atoms with Crippen molar-refractivity contribution in [1.29, 1.82) is 0 Å². The van der Waals surface area contributed by atoms with Crippen molar-refractivity contribution in [3.8, 4) is 0 Å². The average molecular weight is 373 g/mol. The molecule has 2 amide bonds. The summed E-state index contributed by atoms with van der Waals surface area (Å²) in [6.07, 6.45) is 1.47. The van der Waals surface area contributed by atoms with E-state index in [2.05, 4.69) is 4.72 Å². The molecule has 7 nitrogen and oxygen atoms in total. The summed E-state index contributed by atoms with van der Waals surface area (Å²) in [5.41, 5.74) is 7.06. The van der Waals surface area contributed by atoms with Crippen LogP contribution in [0.3, 0.4) is 0 Å². The van der Waals surface area contributed by atoms with Crippen molar-refractivity contribution in [3.05, 3.63) is 53.6 Å². The van der Waals surface area contributed by atoms with E-state index in [0.717, 1.165) is 17.7 Å². The van der Waals surface area contributed by atoms with Gasteiger partial charge in [0.1, 0.15) is 0 Å². The van der Waals surface area contributed by atoms with Gasteiger partial charge < -0.3 is 10.6 Å². The topological polar surface area (TPSA) is 110 Å². The number of sulfonamides is 1. The molecule has 3 rings (SSSR count). The molecule has 2 aromatic rings. The van der Waals surface area contributed by atoms with Crippen LogP contribution in [0, 0.1) is 0 Å². The standard InChI is InChI=1S/C18H19N3O4S/c1-12(22)21-10-4-5-13-11-14(8-9-17(13)21)26(24,25)20-16-7-3-2-6-15(16)18(19)23/h2-3,6-9,11,20H,4-5,10H2,1H3,(H2,19,23). The van der Waals surface area contributed by atoms with Gasteiger partial charge in [-0.2, -0.15) is 0 Å². The molecule has 0 atom stereocenters. The maximum absolute atomic E-state index is 12.7. The fraction of sp³-hybridized carbons (Fsp3) is 0.222. The van der Waals surface area contributed by atoms with Crippen molar-refractivity contribution in [2.24, 2.45) is 5.73 Å². The summed E-state index contributed by atoms with van der Waals surface area (Å²) in [7, 11) is -3.90. The maximum atomic E-state index is 12.7. The molecule has 1 heterocycles. The Balaban J connectivity index is 1.96. The summed E-state index contributed by atoms with van der Waals surface area (Å²) >= 11 is 0. The van der Waals surface area contributed by atoms with Gasteiger partial charge in [0.05, 0.1) is 16.1 Å². The minimum atomic E-state index is -3.90. The van der Waals surface area contributed by atoms with Crippen molar-refractivity contribution in [2.75, 3.05) is 16.2 Å². The minimum absolute atomic E-state index is 0.0703. The van der Waals surface area contributed by atoms with E-state index in [1.165, 1.54) is 25.1 Å². The Morgan fingerprint density at radius 1 is 1.15 bits per heavy atom. The predicted molar refractivity (Wildman–Crippen MR) is 98.6 cm³/mol. The molecule has 0 saturated carbocycles. The molecular formula is C18H19N3O4S. The van der Waals surface area contributed by atoms with E-state index in [9.17, 15) is 18.0 Å². The lowest BCUT2D eigenvalue weighted by Gasteiger charge is -2.28. The number of benzene rings is 2. The van der Waals surface area contributed by atoms with Crippen molar-refractivity contribution in [3.63, 3.8) is 0 Å². The number of para-hydroxylation sites is 1. The van der Waals surface area contributed by atoms with Gasteiger partial charge in [0.25, 0.3) is 15.9 Å². The molecule has 0 aromatic heterocycles. The summed E-state index contributed by atoms with van der Waals surface area (Å²) in [5.74, 6) is -0.791. The second-order valence-corrected chi connectivity index (χ2v) is 7.76. The number of carbonyl (C=O) groups excluding carboxylic acids is 2. The van der Waals surface area contributed by atoms with Gasteiger partial charge in [-0.1, -0.05) is 12.1 Å². The fourth-order valence-corrected chi connectivity index (χ4v) is 4.19. The number of nitrogens with zero attached hydrogens (tertiary/aromatic N) is 1. The van der Waals surface area contributed by atoms with Crippen LogP contribution in [0.4, 0.5) is 11.4 Å². The first-order valence-electron chi connectivity index (χ1n) is 8.12. The van der Waals surface area contributed by atoms with Crippen LogP contribution in [-0.2, 0) is 21.2 Å². The smallest absolute Gasteiger partial charge is 0.261 e. The maximum Gasteiger partial charge on any atom is 0.261 e. The number of carbonyl (C=O) groups is 2. The highest BCUT2D eigenvalue weighted by Gasteiger charge is 2.23. The van der Waals surface area contributed by atoms with Gasteiger partial charge in [-0.3, -0.25) is 14.3 Å². The first-order valence-corrected chi connectivity index (χ1v) is 9.60. The van der Waals surface area contributed by atoms with E-state index in [-0.39, 0.29) is 22.1 Å². The van der Waals surface area contributed by atoms with Crippen LogP contribution in [0.25, 0.3) is 0 Å². The number of rotatable bonds is 4. The normalized spacial score (nSPS) is 13.8. The zero-order chi connectivity index (χ0) is 18.9. The summed E-state index contributed by atoms with van der Waals surface area (Å²) < 4.78 is 27.9. The van der Waals surface area contributed by atoms with Crippen molar-refractivity contribution in [2.45, 2.75) is 24.7 Å². The average Bonchev–Trinajstić information content (AvgIpc) is 2.60. The largest absolute Gasteiger partial charge is 0.366 e. The van der Waals surface area contributed by atoms with Gasteiger partial charge in [0.2, 0.25) is 5.91 Å². The summed E-state index contributed by atoms with van der Waals surface area (Å²) in [5, 5.41) is 0. The van der Waals surface area contributed by atoms with Crippen LogP contribution < -0.4 is 15.4 Å². The van der Waals surface area contributed by atoms with E-state index >= 15 is 0 Å². The zero-order valence-electron chi connectivity index (χ0n) is 14.2. The number of primary amides is 1. The van der Waals surface area contributed by atoms with Crippen LogP contribution in [0.5, 0.6) is 0 Å². The van der Waals surface area contributed by atoms with Crippen molar-refractivity contribution < 1.29 is 18.0 Å². The number of fused-ring (bicyclic) bond motifs is 1. The van der Waals surface area contributed by atoms with Crippen LogP contribution in [0.1, 0.15) is 29.3 Å². The lowest BCUT2D eigenvalue weighted by Crippen LogP contribution is -2.33. The second-order valence-electron chi connectivity index (χ2n) is 6.08. The second kappa shape index (κ2) is 6.80. The van der Waals surface area contributed by atoms with E-state index in [1.54, 1.807) is 29.2 Å². The van der Waals surface area contributed by atoms with E-state index < -0.39 is 15.9 Å². The molecule has 3 N–H and O–H groups in total. The first-order chi connectivity index (χ1) is 12.3. The Bertz CT molecular complexity index is 986. The van der Waals surface area contributed by atoms with E-state index in [4.69, 9.17) is 5.73 Å². The van der Waals surface area contributed by atoms with Gasteiger partial charge in [0, 0.05) is 19.2 Å². The molecule has 1 aliphatic rings. The molecule has 0 radical (unpaired) electrons. The Hall–Kier alpha value is -2.87. The highest BCUT2D eigenvalue weighted by atomic mass is 32.2. The Morgan fingerprint density at radius 3 is 2.58 bits per heavy atom. The molecule has 0 fully saturated rings. The molecule has 0 aliphatic carbocycles. The monoisotopic (exact) mass is 373 g/mol. The van der Waals surface area contributed by atoms with Crippen LogP contribution in [-0.4, -0.2) is 26.8 Å². The summed E-state index contributed by atoms with van der Waals surface area (Å²) in [6, 6.07) is 10.8. The summed E-state index contributed by atoms with van der Waals surface area (Å²) in [4.78, 5) is 24.9. The number of hydrogen-bond donors (Lipinski definition) is 2. The zero-order valence-corrected chi connectivity index (χ0v) is 15.0. The number of nitrogens with two attached hydrogens (primary N) is 1. The van der Waals surface area contributed by atoms with Gasteiger partial charge in [0.15, 0.2) is 0 Å². The molecular weight excluding hydrogens is 354 g/mol. The van der Waals surface area contributed by atoms with Crippen molar-refractivity contribution in [1.82, 2.24) is 0 Å². The number of aryl methyl sites for hydroxylation is 1. The molecule has 26 heavy (non-hydrogen) atoms. The molecule has 0 spiro atoms. The van der Waals surface area contributed by atoms with Gasteiger partial charge in [-0.15, -0.1) is 0 Å². The third kappa shape index (κ3) is 3.41. The molecule has 2 aromatic carbocycles. The molecule has 8 heteroatoms. The third-order valence-corrected chi connectivity index (χ3v) is 5.66. The highest BCUT2D eigenvalue weighted by Crippen LogP contribution is 2.30. The van der Waals surface area contributed by atoms with Gasteiger partial charge >= 0.3 is 0 Å². The van der Waals surface area contributed by atoms with E-state index in [1.807, 2.05) is 0 Å². The Labute approximate surface area is 151 Å². The number of nitrogens with one attached hydrogen (secondary N) is 1. The Morgan fingerprint density at radius 2 is 1.88 bits per heavy atom. The summed E-state index contributed by atoms with van der Waals surface area (Å²) in [6.45, 7) is 2.11. The molecule has 0 bridgehead atoms. The van der Waals surface area contributed by atoms with Gasteiger partial charge in [-0.05, 0) is 48.7 Å². The lowest BCUT2D eigenvalue weighted by atomic mass is 10.0. The van der Waals surface area contributed by atoms with Crippen LogP contribution in [0.15, 0.2) is 47.4 Å². The quantitative estimate of drug-likeness (QED) is 0.853. The highest BCUT2D eigenvalue weighted by molar-refractivity contribution is 7.92. The lowest BCUT2D eigenvalue weighted by molar-refractivity contribution is -0.116. The Kier molecular flexibility index (Phi) is 4.69. The number of hydrogen-bond acceptors (Lipinski definition) is 4. The van der Waals surface area contributed by atoms with Gasteiger partial charge in [-0.25, -0.2) is 8.42 Å². The van der Waals surface area contributed by atoms with Crippen molar-refractivity contribution >= 4 is 33.2 Å². The SMILES string of the molecule is CC(=O)N1CCCc2cc(S(=O)(=O)Nc3ccccc3C(N)=O)ccc21. The van der Waals surface area contributed by atoms with E-state index in [0.29, 0.717) is 13.0 Å². The molecule has 0 saturated heterocycles. The van der Waals surface area contributed by atoms with Crippen LogP contribution in [0.2, 0.25) is 0 Å². The molecule has 0 unspecified atom stereocenters. The number of anilines is 2. The number of amides is 2. The van der Waals surface area contributed by atoms with Crippen LogP contribution >= 0.6 is 0 Å². The molecule has 1 aliphatic heterocycles. The molecule has 136 valence electrons. The first kappa shape index (κ1) is 17.9. The fourth-order valence-electron chi connectivity index (χ4n) is 3.06.